The van der Waals surface area contributed by atoms with E-state index < -0.39 is 23.2 Å². The lowest BCUT2D eigenvalue weighted by atomic mass is 10.1. The standard InChI is InChI=1S/C16H10F2N2OS/c17-12-5-2-6-13(18)14(12)20-15(21)10-3-1-4-11(9-10)16-19-7-8-22-16/h1-9H,(H,20,21). The minimum absolute atomic E-state index is 0.301. The van der Waals surface area contributed by atoms with Gasteiger partial charge in [-0.05, 0) is 24.3 Å². The van der Waals surface area contributed by atoms with Gasteiger partial charge in [0.05, 0.1) is 0 Å². The summed E-state index contributed by atoms with van der Waals surface area (Å²) < 4.78 is 27.1. The second-order valence-corrected chi connectivity index (χ2v) is 5.36. The molecule has 3 aromatic rings. The molecule has 0 saturated carbocycles. The lowest BCUT2D eigenvalue weighted by Gasteiger charge is -2.08. The molecule has 110 valence electrons. The van der Waals surface area contributed by atoms with Crippen LogP contribution in [-0.4, -0.2) is 10.9 Å². The molecule has 0 radical (unpaired) electrons. The molecule has 0 aliphatic rings. The number of anilines is 1. The first-order chi connectivity index (χ1) is 10.6. The van der Waals surface area contributed by atoms with Crippen molar-refractivity contribution in [3.05, 3.63) is 71.2 Å². The number of thiazole rings is 1. The van der Waals surface area contributed by atoms with E-state index in [0.29, 0.717) is 5.56 Å². The van der Waals surface area contributed by atoms with Gasteiger partial charge in [-0.25, -0.2) is 13.8 Å². The summed E-state index contributed by atoms with van der Waals surface area (Å²) in [7, 11) is 0. The van der Waals surface area contributed by atoms with Crippen LogP contribution in [0.25, 0.3) is 10.6 Å². The van der Waals surface area contributed by atoms with Gasteiger partial charge in [0.1, 0.15) is 22.3 Å². The Morgan fingerprint density at radius 2 is 1.82 bits per heavy atom. The van der Waals surface area contributed by atoms with E-state index in [-0.39, 0.29) is 0 Å². The number of carbonyl (C=O) groups excluding carboxylic acids is 1. The highest BCUT2D eigenvalue weighted by Gasteiger charge is 2.14. The first kappa shape index (κ1) is 14.3. The summed E-state index contributed by atoms with van der Waals surface area (Å²) in [5, 5.41) is 4.86. The summed E-state index contributed by atoms with van der Waals surface area (Å²) in [4.78, 5) is 16.3. The first-order valence-corrected chi connectivity index (χ1v) is 7.28. The molecule has 0 bridgehead atoms. The molecular weight excluding hydrogens is 306 g/mol. The van der Waals surface area contributed by atoms with Gasteiger partial charge >= 0.3 is 0 Å². The molecule has 0 aliphatic carbocycles. The Kier molecular flexibility index (Phi) is 3.93. The lowest BCUT2D eigenvalue weighted by Crippen LogP contribution is -2.14. The Morgan fingerprint density at radius 3 is 2.50 bits per heavy atom. The zero-order valence-electron chi connectivity index (χ0n) is 11.2. The van der Waals surface area contributed by atoms with Gasteiger partial charge in [-0.2, -0.15) is 0 Å². The minimum atomic E-state index is -0.815. The van der Waals surface area contributed by atoms with Crippen LogP contribution in [0.3, 0.4) is 0 Å². The summed E-state index contributed by atoms with van der Waals surface area (Å²) in [6.45, 7) is 0. The highest BCUT2D eigenvalue weighted by atomic mass is 32.1. The maximum atomic E-state index is 13.6. The number of halogens is 2. The number of aromatic nitrogens is 1. The van der Waals surface area contributed by atoms with Crippen LogP contribution in [0, 0.1) is 11.6 Å². The average Bonchev–Trinajstić information content (AvgIpc) is 3.05. The Balaban J connectivity index is 1.88. The van der Waals surface area contributed by atoms with Gasteiger partial charge in [0.2, 0.25) is 0 Å². The molecule has 22 heavy (non-hydrogen) atoms. The fraction of sp³-hybridized carbons (Fsp3) is 0. The highest BCUT2D eigenvalue weighted by molar-refractivity contribution is 7.13. The Labute approximate surface area is 129 Å². The SMILES string of the molecule is O=C(Nc1c(F)cccc1F)c1cccc(-c2nccs2)c1. The topological polar surface area (TPSA) is 42.0 Å². The molecule has 0 fully saturated rings. The largest absolute Gasteiger partial charge is 0.317 e. The zero-order chi connectivity index (χ0) is 15.5. The van der Waals surface area contributed by atoms with Gasteiger partial charge in [-0.15, -0.1) is 11.3 Å². The van der Waals surface area contributed by atoms with Crippen LogP contribution >= 0.6 is 11.3 Å². The minimum Gasteiger partial charge on any atom is -0.317 e. The third-order valence-corrected chi connectivity index (χ3v) is 3.83. The summed E-state index contributed by atoms with van der Waals surface area (Å²) in [6.07, 6.45) is 1.67. The molecule has 0 unspecified atom stereocenters. The second-order valence-electron chi connectivity index (χ2n) is 4.47. The first-order valence-electron chi connectivity index (χ1n) is 6.40. The summed E-state index contributed by atoms with van der Waals surface area (Å²) in [5.74, 6) is -2.21. The van der Waals surface area contributed by atoms with Crippen LogP contribution in [0.1, 0.15) is 10.4 Å². The van der Waals surface area contributed by atoms with Crippen LogP contribution in [0.4, 0.5) is 14.5 Å². The molecule has 1 aromatic heterocycles. The number of hydrogen-bond acceptors (Lipinski definition) is 3. The Hall–Kier alpha value is -2.60. The van der Waals surface area contributed by atoms with Crippen molar-refractivity contribution in [2.24, 2.45) is 0 Å². The van der Waals surface area contributed by atoms with Gasteiger partial charge in [-0.3, -0.25) is 4.79 Å². The van der Waals surface area contributed by atoms with Gasteiger partial charge in [-0.1, -0.05) is 18.2 Å². The van der Waals surface area contributed by atoms with Crippen molar-refractivity contribution in [3.8, 4) is 10.6 Å². The van der Waals surface area contributed by atoms with E-state index in [1.807, 2.05) is 11.4 Å². The van der Waals surface area contributed by atoms with Gasteiger partial charge in [0.25, 0.3) is 5.91 Å². The predicted octanol–water partition coefficient (Wildman–Crippen LogP) is 4.34. The molecular formula is C16H10F2N2OS. The second kappa shape index (κ2) is 6.03. The average molecular weight is 316 g/mol. The lowest BCUT2D eigenvalue weighted by molar-refractivity contribution is 0.102. The monoisotopic (exact) mass is 316 g/mol. The van der Waals surface area contributed by atoms with Crippen molar-refractivity contribution in [2.75, 3.05) is 5.32 Å². The molecule has 3 rings (SSSR count). The van der Waals surface area contributed by atoms with E-state index in [2.05, 4.69) is 10.3 Å². The molecule has 1 N–H and O–H groups in total. The van der Waals surface area contributed by atoms with Crippen molar-refractivity contribution in [1.82, 2.24) is 4.98 Å². The molecule has 1 heterocycles. The predicted molar refractivity (Wildman–Crippen MR) is 81.9 cm³/mol. The Bertz CT molecular complexity index is 799. The van der Waals surface area contributed by atoms with Crippen LogP contribution in [0.5, 0.6) is 0 Å². The number of hydrogen-bond donors (Lipinski definition) is 1. The molecule has 6 heteroatoms. The van der Waals surface area contributed by atoms with E-state index in [1.165, 1.54) is 17.4 Å². The third-order valence-electron chi connectivity index (χ3n) is 3.01. The molecule has 2 aromatic carbocycles. The van der Waals surface area contributed by atoms with Crippen molar-refractivity contribution >= 4 is 22.9 Å². The number of amides is 1. The fourth-order valence-electron chi connectivity index (χ4n) is 1.96. The van der Waals surface area contributed by atoms with E-state index >= 15 is 0 Å². The van der Waals surface area contributed by atoms with E-state index in [1.54, 1.807) is 24.4 Å². The van der Waals surface area contributed by atoms with Crippen molar-refractivity contribution < 1.29 is 13.6 Å². The normalized spacial score (nSPS) is 10.5. The number of benzene rings is 2. The van der Waals surface area contributed by atoms with Crippen LogP contribution < -0.4 is 5.32 Å². The number of para-hydroxylation sites is 1. The van der Waals surface area contributed by atoms with E-state index in [4.69, 9.17) is 0 Å². The quantitative estimate of drug-likeness (QED) is 0.781. The van der Waals surface area contributed by atoms with Gasteiger partial charge < -0.3 is 5.32 Å². The van der Waals surface area contributed by atoms with Crippen LogP contribution in [-0.2, 0) is 0 Å². The number of carbonyl (C=O) groups is 1. The van der Waals surface area contributed by atoms with Crippen molar-refractivity contribution in [2.45, 2.75) is 0 Å². The van der Waals surface area contributed by atoms with E-state index in [0.717, 1.165) is 22.7 Å². The molecule has 1 amide bonds. The van der Waals surface area contributed by atoms with Crippen LogP contribution in [0.2, 0.25) is 0 Å². The smallest absolute Gasteiger partial charge is 0.255 e. The summed E-state index contributed by atoms with van der Waals surface area (Å²) >= 11 is 1.44. The third kappa shape index (κ3) is 2.87. The van der Waals surface area contributed by atoms with Gasteiger partial charge in [0.15, 0.2) is 0 Å². The molecule has 0 spiro atoms. The fourth-order valence-corrected chi connectivity index (χ4v) is 2.60. The number of nitrogens with one attached hydrogen (secondary N) is 1. The highest BCUT2D eigenvalue weighted by Crippen LogP contribution is 2.24. The molecule has 0 aliphatic heterocycles. The van der Waals surface area contributed by atoms with Gasteiger partial charge in [0, 0.05) is 22.7 Å². The van der Waals surface area contributed by atoms with E-state index in [9.17, 15) is 13.6 Å². The van der Waals surface area contributed by atoms with Crippen LogP contribution in [0.15, 0.2) is 54.0 Å². The molecule has 3 nitrogen and oxygen atoms in total. The maximum Gasteiger partial charge on any atom is 0.255 e. The summed E-state index contributed by atoms with van der Waals surface area (Å²) in [5.41, 5.74) is 0.624. The zero-order valence-corrected chi connectivity index (χ0v) is 12.0. The maximum absolute atomic E-state index is 13.6. The number of nitrogens with zero attached hydrogens (tertiary/aromatic N) is 1. The summed E-state index contributed by atoms with van der Waals surface area (Å²) in [6, 6.07) is 10.1. The number of rotatable bonds is 3. The molecule has 0 atom stereocenters. The molecule has 0 saturated heterocycles. The Morgan fingerprint density at radius 1 is 1.09 bits per heavy atom. The van der Waals surface area contributed by atoms with Crippen molar-refractivity contribution in [1.29, 1.82) is 0 Å². The van der Waals surface area contributed by atoms with Crippen molar-refractivity contribution in [3.63, 3.8) is 0 Å².